The molecule has 0 unspecified atom stereocenters. The Bertz CT molecular complexity index is 657. The van der Waals surface area contributed by atoms with E-state index in [-0.39, 0.29) is 17.3 Å². The Morgan fingerprint density at radius 3 is 2.43 bits per heavy atom. The summed E-state index contributed by atoms with van der Waals surface area (Å²) in [6.45, 7) is 1.59. The first-order valence-electron chi connectivity index (χ1n) is 5.75. The minimum atomic E-state index is -4.56. The fourth-order valence-electron chi connectivity index (χ4n) is 1.65. The second-order valence-corrected chi connectivity index (χ2v) is 4.16. The van der Waals surface area contributed by atoms with Gasteiger partial charge in [-0.3, -0.25) is 0 Å². The molecule has 0 saturated heterocycles. The van der Waals surface area contributed by atoms with E-state index in [0.29, 0.717) is 17.7 Å². The van der Waals surface area contributed by atoms with E-state index in [0.717, 1.165) is 12.4 Å². The Morgan fingerprint density at radius 1 is 1.14 bits per heavy atom. The average molecular weight is 301 g/mol. The molecule has 112 valence electrons. The zero-order valence-corrected chi connectivity index (χ0v) is 10.8. The van der Waals surface area contributed by atoms with E-state index >= 15 is 0 Å². The molecule has 2 aromatic rings. The van der Waals surface area contributed by atoms with Crippen LogP contribution in [0, 0.1) is 12.7 Å². The van der Waals surface area contributed by atoms with Crippen LogP contribution in [0.4, 0.5) is 34.9 Å². The third kappa shape index (κ3) is 3.19. The minimum Gasteiger partial charge on any atom is -0.337 e. The molecule has 5 nitrogen and oxygen atoms in total. The van der Waals surface area contributed by atoms with E-state index in [9.17, 15) is 17.6 Å². The van der Waals surface area contributed by atoms with Gasteiger partial charge in [0.25, 0.3) is 0 Å². The SMILES string of the molecule is Cc1c(NN)ncnc1Nc1cc(C(F)(F)F)ccc1F. The molecule has 0 saturated carbocycles. The molecule has 2 rings (SSSR count). The number of halogens is 4. The van der Waals surface area contributed by atoms with Crippen LogP contribution in [0.5, 0.6) is 0 Å². The van der Waals surface area contributed by atoms with Crippen molar-refractivity contribution in [3.05, 3.63) is 41.5 Å². The maximum Gasteiger partial charge on any atom is 0.416 e. The van der Waals surface area contributed by atoms with Gasteiger partial charge in [0.15, 0.2) is 0 Å². The predicted molar refractivity (Wildman–Crippen MR) is 69.3 cm³/mol. The molecule has 0 aliphatic rings. The van der Waals surface area contributed by atoms with Crippen molar-refractivity contribution in [3.63, 3.8) is 0 Å². The van der Waals surface area contributed by atoms with Gasteiger partial charge in [-0.2, -0.15) is 13.2 Å². The molecule has 1 heterocycles. The highest BCUT2D eigenvalue weighted by Crippen LogP contribution is 2.33. The van der Waals surface area contributed by atoms with Crippen molar-refractivity contribution < 1.29 is 17.6 Å². The Labute approximate surface area is 117 Å². The summed E-state index contributed by atoms with van der Waals surface area (Å²) in [5.41, 5.74) is 1.45. The fourth-order valence-corrected chi connectivity index (χ4v) is 1.65. The number of nitrogens with two attached hydrogens (primary N) is 1. The summed E-state index contributed by atoms with van der Waals surface area (Å²) >= 11 is 0. The van der Waals surface area contributed by atoms with Crippen molar-refractivity contribution >= 4 is 17.3 Å². The summed E-state index contributed by atoms with van der Waals surface area (Å²) in [6, 6.07) is 2.08. The highest BCUT2D eigenvalue weighted by molar-refractivity contribution is 5.65. The number of anilines is 3. The summed E-state index contributed by atoms with van der Waals surface area (Å²) in [4.78, 5) is 7.67. The van der Waals surface area contributed by atoms with Crippen molar-refractivity contribution in [2.24, 2.45) is 5.84 Å². The first-order chi connectivity index (χ1) is 9.82. The van der Waals surface area contributed by atoms with Crippen molar-refractivity contribution in [2.75, 3.05) is 10.7 Å². The molecular formula is C12H11F4N5. The molecule has 4 N–H and O–H groups in total. The van der Waals surface area contributed by atoms with E-state index < -0.39 is 17.6 Å². The normalized spacial score (nSPS) is 11.3. The van der Waals surface area contributed by atoms with E-state index in [1.807, 2.05) is 0 Å². The lowest BCUT2D eigenvalue weighted by atomic mass is 10.2. The number of rotatable bonds is 3. The molecule has 0 atom stereocenters. The topological polar surface area (TPSA) is 75.9 Å². The van der Waals surface area contributed by atoms with Crippen LogP contribution in [0.2, 0.25) is 0 Å². The average Bonchev–Trinajstić information content (AvgIpc) is 2.42. The molecule has 0 amide bonds. The highest BCUT2D eigenvalue weighted by Gasteiger charge is 2.31. The Hall–Kier alpha value is -2.42. The molecule has 9 heteroatoms. The molecule has 0 fully saturated rings. The van der Waals surface area contributed by atoms with E-state index in [4.69, 9.17) is 5.84 Å². The number of hydrogen-bond acceptors (Lipinski definition) is 5. The first-order valence-corrected chi connectivity index (χ1v) is 5.75. The van der Waals surface area contributed by atoms with E-state index in [1.54, 1.807) is 6.92 Å². The molecule has 21 heavy (non-hydrogen) atoms. The van der Waals surface area contributed by atoms with Crippen LogP contribution in [-0.2, 0) is 6.18 Å². The molecule has 0 radical (unpaired) electrons. The van der Waals surface area contributed by atoms with Crippen LogP contribution < -0.4 is 16.6 Å². The minimum absolute atomic E-state index is 0.149. The molecule has 0 aliphatic heterocycles. The molecule has 0 spiro atoms. The van der Waals surface area contributed by atoms with Gasteiger partial charge in [0.2, 0.25) is 0 Å². The zero-order chi connectivity index (χ0) is 15.6. The highest BCUT2D eigenvalue weighted by atomic mass is 19.4. The summed E-state index contributed by atoms with van der Waals surface area (Å²) in [5, 5.41) is 2.51. The fraction of sp³-hybridized carbons (Fsp3) is 0.167. The number of nitrogens with one attached hydrogen (secondary N) is 2. The number of hydrazine groups is 1. The van der Waals surface area contributed by atoms with Crippen LogP contribution in [0.25, 0.3) is 0 Å². The van der Waals surface area contributed by atoms with Crippen LogP contribution in [-0.4, -0.2) is 9.97 Å². The number of benzene rings is 1. The third-order valence-corrected chi connectivity index (χ3v) is 2.77. The van der Waals surface area contributed by atoms with Gasteiger partial charge in [-0.15, -0.1) is 0 Å². The number of nitrogens with zero attached hydrogens (tertiary/aromatic N) is 2. The van der Waals surface area contributed by atoms with Crippen molar-refractivity contribution in [3.8, 4) is 0 Å². The lowest BCUT2D eigenvalue weighted by molar-refractivity contribution is -0.137. The smallest absolute Gasteiger partial charge is 0.337 e. The molecule has 1 aromatic heterocycles. The summed E-state index contributed by atoms with van der Waals surface area (Å²) in [6.07, 6.45) is -3.41. The van der Waals surface area contributed by atoms with Gasteiger partial charge in [-0.05, 0) is 25.1 Å². The van der Waals surface area contributed by atoms with Gasteiger partial charge in [0.1, 0.15) is 23.8 Å². The van der Waals surface area contributed by atoms with E-state index in [2.05, 4.69) is 20.7 Å². The Kier molecular flexibility index (Phi) is 3.94. The first kappa shape index (κ1) is 15.0. The van der Waals surface area contributed by atoms with Crippen molar-refractivity contribution in [1.82, 2.24) is 9.97 Å². The van der Waals surface area contributed by atoms with Crippen LogP contribution in [0.3, 0.4) is 0 Å². The largest absolute Gasteiger partial charge is 0.416 e. The number of nitrogen functional groups attached to an aromatic ring is 1. The lowest BCUT2D eigenvalue weighted by Crippen LogP contribution is -2.12. The van der Waals surface area contributed by atoms with Crippen LogP contribution in [0.15, 0.2) is 24.5 Å². The van der Waals surface area contributed by atoms with Crippen molar-refractivity contribution in [1.29, 1.82) is 0 Å². The summed E-state index contributed by atoms with van der Waals surface area (Å²) < 4.78 is 51.5. The molecule has 0 aliphatic carbocycles. The van der Waals surface area contributed by atoms with Gasteiger partial charge in [0, 0.05) is 5.56 Å². The monoisotopic (exact) mass is 301 g/mol. The zero-order valence-electron chi connectivity index (χ0n) is 10.8. The number of aromatic nitrogens is 2. The second kappa shape index (κ2) is 5.52. The third-order valence-electron chi connectivity index (χ3n) is 2.77. The number of alkyl halides is 3. The lowest BCUT2D eigenvalue weighted by Gasteiger charge is -2.13. The maximum absolute atomic E-state index is 13.6. The predicted octanol–water partition coefficient (Wildman–Crippen LogP) is 2.97. The number of hydrogen-bond donors (Lipinski definition) is 3. The molecular weight excluding hydrogens is 290 g/mol. The van der Waals surface area contributed by atoms with Gasteiger partial charge in [-0.25, -0.2) is 20.2 Å². The van der Waals surface area contributed by atoms with Gasteiger partial charge < -0.3 is 10.7 Å². The summed E-state index contributed by atoms with van der Waals surface area (Å²) in [7, 11) is 0. The summed E-state index contributed by atoms with van der Waals surface area (Å²) in [5.74, 6) is 4.83. The standard InChI is InChI=1S/C12H11F4N5/c1-6-10(18-5-19-11(6)21-17)20-9-4-7(12(14,15)16)2-3-8(9)13/h2-5H,17H2,1H3,(H2,18,19,20,21). The van der Waals surface area contributed by atoms with Crippen LogP contribution >= 0.6 is 0 Å². The van der Waals surface area contributed by atoms with Gasteiger partial charge >= 0.3 is 6.18 Å². The Balaban J connectivity index is 2.40. The molecule has 0 bridgehead atoms. The van der Waals surface area contributed by atoms with E-state index in [1.165, 1.54) is 0 Å². The van der Waals surface area contributed by atoms with Crippen LogP contribution in [0.1, 0.15) is 11.1 Å². The van der Waals surface area contributed by atoms with Gasteiger partial charge in [0.05, 0.1) is 11.3 Å². The Morgan fingerprint density at radius 2 is 1.81 bits per heavy atom. The quantitative estimate of drug-likeness (QED) is 0.461. The second-order valence-electron chi connectivity index (χ2n) is 4.16. The molecule has 1 aromatic carbocycles. The van der Waals surface area contributed by atoms with Crippen molar-refractivity contribution in [2.45, 2.75) is 13.1 Å². The van der Waals surface area contributed by atoms with Gasteiger partial charge in [-0.1, -0.05) is 0 Å². The maximum atomic E-state index is 13.6.